The van der Waals surface area contributed by atoms with Crippen molar-refractivity contribution in [3.8, 4) is 6.07 Å². The van der Waals surface area contributed by atoms with Gasteiger partial charge >= 0.3 is 0 Å². The molecule has 1 heterocycles. The van der Waals surface area contributed by atoms with Gasteiger partial charge in [-0.15, -0.1) is 0 Å². The maximum absolute atomic E-state index is 12.2. The number of piperidine rings is 1. The van der Waals surface area contributed by atoms with Gasteiger partial charge in [-0.25, -0.2) is 0 Å². The number of rotatable bonds is 2. The summed E-state index contributed by atoms with van der Waals surface area (Å²) in [4.78, 5) is 25.7. The van der Waals surface area contributed by atoms with Crippen molar-refractivity contribution in [2.75, 3.05) is 7.05 Å². The average molecular weight is 270 g/mol. The monoisotopic (exact) mass is 270 g/mol. The molecule has 3 atom stereocenters. The number of ketones is 1. The molecule has 0 aliphatic carbocycles. The molecule has 104 valence electrons. The van der Waals surface area contributed by atoms with Crippen molar-refractivity contribution in [1.82, 2.24) is 4.90 Å². The number of amides is 1. The Bertz CT molecular complexity index is 576. The second kappa shape index (κ2) is 5.09. The maximum Gasteiger partial charge on any atom is 0.224 e. The molecule has 20 heavy (non-hydrogen) atoms. The van der Waals surface area contributed by atoms with E-state index in [1.54, 1.807) is 14.0 Å². The third-order valence-corrected chi connectivity index (χ3v) is 4.37. The predicted molar refractivity (Wildman–Crippen MR) is 74.8 cm³/mol. The number of hydrogen-bond donors (Lipinski definition) is 0. The lowest BCUT2D eigenvalue weighted by Gasteiger charge is -2.46. The van der Waals surface area contributed by atoms with Crippen LogP contribution in [0.1, 0.15) is 31.7 Å². The van der Waals surface area contributed by atoms with Crippen molar-refractivity contribution in [3.63, 3.8) is 0 Å². The number of benzene rings is 1. The van der Waals surface area contributed by atoms with Crippen LogP contribution in [0.5, 0.6) is 0 Å². The zero-order valence-electron chi connectivity index (χ0n) is 12.0. The minimum atomic E-state index is -1.10. The highest BCUT2D eigenvalue weighted by molar-refractivity contribution is 5.88. The van der Waals surface area contributed by atoms with Gasteiger partial charge < -0.3 is 4.90 Å². The molecule has 0 radical (unpaired) electrons. The number of hydrogen-bond acceptors (Lipinski definition) is 3. The van der Waals surface area contributed by atoms with Crippen molar-refractivity contribution in [2.45, 2.75) is 31.7 Å². The summed E-state index contributed by atoms with van der Waals surface area (Å²) in [5, 5.41) is 9.53. The highest BCUT2D eigenvalue weighted by Gasteiger charge is 2.52. The molecule has 1 aromatic carbocycles. The van der Waals surface area contributed by atoms with Crippen molar-refractivity contribution in [3.05, 3.63) is 35.9 Å². The minimum Gasteiger partial charge on any atom is -0.327 e. The van der Waals surface area contributed by atoms with Gasteiger partial charge in [-0.3, -0.25) is 9.59 Å². The van der Waals surface area contributed by atoms with E-state index in [9.17, 15) is 14.9 Å². The number of Topliss-reactive ketones (excluding diaryl/α,β-unsaturated/α-hetero) is 1. The molecule has 1 saturated heterocycles. The first kappa shape index (κ1) is 14.3. The van der Waals surface area contributed by atoms with Crippen LogP contribution in [0.15, 0.2) is 30.3 Å². The largest absolute Gasteiger partial charge is 0.327 e. The first-order valence-electron chi connectivity index (χ1n) is 6.65. The minimum absolute atomic E-state index is 0.0535. The lowest BCUT2D eigenvalue weighted by molar-refractivity contribution is -0.144. The third kappa shape index (κ3) is 2.09. The van der Waals surface area contributed by atoms with Crippen LogP contribution < -0.4 is 0 Å². The Morgan fingerprint density at radius 2 is 2.00 bits per heavy atom. The molecule has 0 N–H and O–H groups in total. The zero-order valence-corrected chi connectivity index (χ0v) is 12.0. The summed E-state index contributed by atoms with van der Waals surface area (Å²) in [5.41, 5.74) is -0.155. The summed E-state index contributed by atoms with van der Waals surface area (Å²) in [5.74, 6) is -0.887. The van der Waals surface area contributed by atoms with Gasteiger partial charge in [0.25, 0.3) is 0 Å². The van der Waals surface area contributed by atoms with Gasteiger partial charge in [0, 0.05) is 19.4 Å². The molecule has 1 amide bonds. The van der Waals surface area contributed by atoms with Gasteiger partial charge in [0.2, 0.25) is 5.91 Å². The second-order valence-electron chi connectivity index (χ2n) is 5.52. The molecule has 2 rings (SSSR count). The van der Waals surface area contributed by atoms with Crippen LogP contribution in [0.4, 0.5) is 0 Å². The Hall–Kier alpha value is -2.15. The van der Waals surface area contributed by atoms with Crippen molar-refractivity contribution >= 4 is 11.7 Å². The van der Waals surface area contributed by atoms with E-state index in [1.165, 1.54) is 11.8 Å². The lowest BCUT2D eigenvalue weighted by atomic mass is 9.67. The van der Waals surface area contributed by atoms with Gasteiger partial charge in [-0.2, -0.15) is 5.26 Å². The SMILES string of the molecule is CC(=O)[C@@H]1[C@H](c2ccccc2)CC(=O)N(C)[C@@]1(C)C#N. The molecule has 0 spiro atoms. The number of carbonyl (C=O) groups is 2. The van der Waals surface area contributed by atoms with E-state index >= 15 is 0 Å². The fraction of sp³-hybridized carbons (Fsp3) is 0.438. The summed E-state index contributed by atoms with van der Waals surface area (Å²) in [7, 11) is 1.60. The van der Waals surface area contributed by atoms with E-state index in [2.05, 4.69) is 6.07 Å². The van der Waals surface area contributed by atoms with E-state index in [-0.39, 0.29) is 24.0 Å². The third-order valence-electron chi connectivity index (χ3n) is 4.37. The molecule has 1 aliphatic rings. The summed E-state index contributed by atoms with van der Waals surface area (Å²) in [6.45, 7) is 3.17. The van der Waals surface area contributed by atoms with Gasteiger partial charge in [-0.1, -0.05) is 30.3 Å². The van der Waals surface area contributed by atoms with Crippen LogP contribution in [0.25, 0.3) is 0 Å². The number of likely N-dealkylation sites (tertiary alicyclic amines) is 1. The Balaban J connectivity index is 2.54. The molecule has 4 nitrogen and oxygen atoms in total. The molecular formula is C16H18N2O2. The molecule has 0 bridgehead atoms. The molecule has 0 saturated carbocycles. The second-order valence-corrected chi connectivity index (χ2v) is 5.52. The van der Waals surface area contributed by atoms with Gasteiger partial charge in [0.1, 0.15) is 11.3 Å². The van der Waals surface area contributed by atoms with Crippen LogP contribution in [-0.2, 0) is 9.59 Å². The highest BCUT2D eigenvalue weighted by Crippen LogP contribution is 2.43. The van der Waals surface area contributed by atoms with Crippen LogP contribution in [0.3, 0.4) is 0 Å². The van der Waals surface area contributed by atoms with Crippen LogP contribution in [0, 0.1) is 17.2 Å². The Morgan fingerprint density at radius 1 is 1.40 bits per heavy atom. The molecule has 1 fully saturated rings. The van der Waals surface area contributed by atoms with E-state index < -0.39 is 11.5 Å². The van der Waals surface area contributed by atoms with Crippen molar-refractivity contribution < 1.29 is 9.59 Å². The molecule has 1 aromatic rings. The Morgan fingerprint density at radius 3 is 2.50 bits per heavy atom. The highest BCUT2D eigenvalue weighted by atomic mass is 16.2. The lowest BCUT2D eigenvalue weighted by Crippen LogP contribution is -2.59. The Labute approximate surface area is 119 Å². The fourth-order valence-electron chi connectivity index (χ4n) is 3.14. The fourth-order valence-corrected chi connectivity index (χ4v) is 3.14. The van der Waals surface area contributed by atoms with Crippen LogP contribution in [-0.4, -0.2) is 29.2 Å². The summed E-state index contributed by atoms with van der Waals surface area (Å²) >= 11 is 0. The normalized spacial score (nSPS) is 29.9. The maximum atomic E-state index is 12.2. The van der Waals surface area contributed by atoms with E-state index in [0.29, 0.717) is 0 Å². The quantitative estimate of drug-likeness (QED) is 0.827. The van der Waals surface area contributed by atoms with E-state index in [0.717, 1.165) is 5.56 Å². The van der Waals surface area contributed by atoms with Gasteiger partial charge in [0.05, 0.1) is 12.0 Å². The van der Waals surface area contributed by atoms with Gasteiger partial charge in [-0.05, 0) is 19.4 Å². The number of nitriles is 1. The van der Waals surface area contributed by atoms with Crippen molar-refractivity contribution in [2.24, 2.45) is 5.92 Å². The van der Waals surface area contributed by atoms with E-state index in [4.69, 9.17) is 0 Å². The average Bonchev–Trinajstić information content (AvgIpc) is 2.44. The Kier molecular flexibility index (Phi) is 3.63. The first-order valence-corrected chi connectivity index (χ1v) is 6.65. The summed E-state index contributed by atoms with van der Waals surface area (Å²) in [6, 6.07) is 11.7. The topological polar surface area (TPSA) is 61.2 Å². The van der Waals surface area contributed by atoms with Crippen LogP contribution >= 0.6 is 0 Å². The number of carbonyl (C=O) groups excluding carboxylic acids is 2. The van der Waals surface area contributed by atoms with E-state index in [1.807, 2.05) is 30.3 Å². The standard InChI is InChI=1S/C16H18N2O2/c1-11(19)15-13(12-7-5-4-6-8-12)9-14(20)18(3)16(15,2)10-17/h4-8,13,15H,9H2,1-3H3/t13-,15+,16-/m0/s1. The zero-order chi connectivity index (χ0) is 14.9. The van der Waals surface area contributed by atoms with Gasteiger partial charge in [0.15, 0.2) is 0 Å². The molecule has 1 aliphatic heterocycles. The van der Waals surface area contributed by atoms with Crippen LogP contribution in [0.2, 0.25) is 0 Å². The molecule has 4 heteroatoms. The first-order chi connectivity index (χ1) is 9.41. The molecule has 0 unspecified atom stereocenters. The molecular weight excluding hydrogens is 252 g/mol. The number of nitrogens with zero attached hydrogens (tertiary/aromatic N) is 2. The molecule has 0 aromatic heterocycles. The smallest absolute Gasteiger partial charge is 0.224 e. The summed E-state index contributed by atoms with van der Waals surface area (Å²) in [6.07, 6.45) is 0.266. The summed E-state index contributed by atoms with van der Waals surface area (Å²) < 4.78 is 0. The van der Waals surface area contributed by atoms with Crippen molar-refractivity contribution in [1.29, 1.82) is 5.26 Å². The predicted octanol–water partition coefficient (Wildman–Crippen LogP) is 2.12.